The maximum absolute atomic E-state index is 6.55. The molecule has 5 heteroatoms. The number of nitrogens with zero attached hydrogens (tertiary/aromatic N) is 1. The standard InChI is InChI=1S/C17H17ClNO2.ClH/c1-10-15-11-7-5-6-8-13(11)19(2)16(15)12(18)9-14(20-3)17(10)21-4;/h5-9H,1-4H3;1H/q+1;/p-1. The van der Waals surface area contributed by atoms with E-state index in [2.05, 4.69) is 16.7 Å². The number of ether oxygens (including phenoxy) is 2. The highest BCUT2D eigenvalue weighted by molar-refractivity contribution is 6.33. The molecule has 116 valence electrons. The summed E-state index contributed by atoms with van der Waals surface area (Å²) in [6, 6.07) is 10.1. The minimum Gasteiger partial charge on any atom is -1.00 e. The van der Waals surface area contributed by atoms with Gasteiger partial charge in [-0.1, -0.05) is 23.7 Å². The third-order valence-electron chi connectivity index (χ3n) is 3.95. The average Bonchev–Trinajstić information content (AvgIpc) is 2.74. The largest absolute Gasteiger partial charge is 1.00 e. The fourth-order valence-electron chi connectivity index (χ4n) is 3.01. The Hall–Kier alpha value is -1.71. The van der Waals surface area contributed by atoms with Gasteiger partial charge in [-0.15, -0.1) is 0 Å². The van der Waals surface area contributed by atoms with Crippen LogP contribution in [0.25, 0.3) is 22.2 Å². The highest BCUT2D eigenvalue weighted by atomic mass is 35.5. The number of hydrogen-bond acceptors (Lipinski definition) is 2. The lowest BCUT2D eigenvalue weighted by Crippen LogP contribution is -3.00. The van der Waals surface area contributed by atoms with Crippen LogP contribution in [0, 0.1) is 6.92 Å². The number of rotatable bonds is 2. The Morgan fingerprint density at radius 2 is 1.77 bits per heavy atom. The fourth-order valence-corrected chi connectivity index (χ4v) is 3.33. The molecule has 1 aromatic carbocycles. The highest BCUT2D eigenvalue weighted by Crippen LogP contribution is 2.43. The molecule has 0 amide bonds. The summed E-state index contributed by atoms with van der Waals surface area (Å²) in [5, 5.41) is 1.80. The van der Waals surface area contributed by atoms with Gasteiger partial charge in [-0.25, -0.2) is 0 Å². The molecule has 0 saturated carbocycles. The Morgan fingerprint density at radius 3 is 2.41 bits per heavy atom. The minimum atomic E-state index is 0. The summed E-state index contributed by atoms with van der Waals surface area (Å²) in [7, 11) is 5.29. The van der Waals surface area contributed by atoms with E-state index in [0.29, 0.717) is 16.5 Å². The quantitative estimate of drug-likeness (QED) is 0.644. The molecule has 0 atom stereocenters. The molecule has 22 heavy (non-hydrogen) atoms. The van der Waals surface area contributed by atoms with Gasteiger partial charge >= 0.3 is 0 Å². The van der Waals surface area contributed by atoms with Crippen LogP contribution in [0.5, 0.6) is 11.5 Å². The average molecular weight is 338 g/mol. The number of halogens is 2. The van der Waals surface area contributed by atoms with Gasteiger partial charge in [0.25, 0.3) is 0 Å². The number of methoxy groups -OCH3 is 2. The van der Waals surface area contributed by atoms with Crippen molar-refractivity contribution in [2.24, 2.45) is 7.05 Å². The van der Waals surface area contributed by atoms with Gasteiger partial charge in [0.05, 0.1) is 25.2 Å². The van der Waals surface area contributed by atoms with Crippen LogP contribution in [0.3, 0.4) is 0 Å². The van der Waals surface area contributed by atoms with Gasteiger partial charge < -0.3 is 21.9 Å². The summed E-state index contributed by atoms with van der Waals surface area (Å²) < 4.78 is 13.1. The first-order valence-electron chi connectivity index (χ1n) is 6.71. The van der Waals surface area contributed by atoms with Gasteiger partial charge in [-0.2, -0.15) is 4.57 Å². The molecule has 0 fully saturated rings. The van der Waals surface area contributed by atoms with E-state index in [1.54, 1.807) is 14.2 Å². The summed E-state index contributed by atoms with van der Waals surface area (Å²) in [6.45, 7) is 2.03. The predicted octanol–water partition coefficient (Wildman–Crippen LogP) is 0.752. The normalized spacial score (nSPS) is 10.6. The van der Waals surface area contributed by atoms with E-state index in [-0.39, 0.29) is 12.4 Å². The van der Waals surface area contributed by atoms with Crippen LogP contribution in [0.2, 0.25) is 5.02 Å². The van der Waals surface area contributed by atoms with Gasteiger partial charge in [0, 0.05) is 17.7 Å². The lowest BCUT2D eigenvalue weighted by Gasteiger charge is -2.06. The first kappa shape index (κ1) is 16.7. The van der Waals surface area contributed by atoms with Crippen molar-refractivity contribution in [3.05, 3.63) is 40.9 Å². The zero-order chi connectivity index (χ0) is 15.1. The molecule has 0 bridgehead atoms. The smallest absolute Gasteiger partial charge is 0.232 e. The van der Waals surface area contributed by atoms with Crippen LogP contribution in [-0.4, -0.2) is 14.2 Å². The summed E-state index contributed by atoms with van der Waals surface area (Å²) in [4.78, 5) is 0. The molecule has 1 aromatic rings. The Labute approximate surface area is 141 Å². The van der Waals surface area contributed by atoms with E-state index in [9.17, 15) is 0 Å². The van der Waals surface area contributed by atoms with Gasteiger partial charge in [-0.05, 0) is 13.0 Å². The summed E-state index contributed by atoms with van der Waals surface area (Å²) in [6.07, 6.45) is 0. The van der Waals surface area contributed by atoms with Gasteiger partial charge in [0.1, 0.15) is 12.1 Å². The maximum Gasteiger partial charge on any atom is 0.232 e. The Morgan fingerprint density at radius 1 is 1.09 bits per heavy atom. The molecule has 2 aliphatic rings. The molecule has 0 spiro atoms. The summed E-state index contributed by atoms with van der Waals surface area (Å²) in [5.41, 5.74) is 4.24. The van der Waals surface area contributed by atoms with Gasteiger partial charge in [0.15, 0.2) is 11.5 Å². The van der Waals surface area contributed by atoms with Crippen LogP contribution in [0.4, 0.5) is 0 Å². The van der Waals surface area contributed by atoms with E-state index in [1.807, 2.05) is 32.2 Å². The molecule has 3 nitrogen and oxygen atoms in total. The molecule has 1 heterocycles. The Bertz CT molecular complexity index is 818. The number of aryl methyl sites for hydroxylation is 1. The molecule has 1 aliphatic carbocycles. The van der Waals surface area contributed by atoms with Crippen molar-refractivity contribution >= 4 is 22.5 Å². The molecule has 0 unspecified atom stereocenters. The third-order valence-corrected chi connectivity index (χ3v) is 4.24. The van der Waals surface area contributed by atoms with Gasteiger partial charge in [-0.3, -0.25) is 0 Å². The van der Waals surface area contributed by atoms with Gasteiger partial charge in [0.2, 0.25) is 11.2 Å². The van der Waals surface area contributed by atoms with Crippen molar-refractivity contribution in [2.45, 2.75) is 6.92 Å². The molecule has 3 rings (SSSR count). The zero-order valence-corrected chi connectivity index (χ0v) is 14.4. The van der Waals surface area contributed by atoms with Crippen LogP contribution < -0.4 is 26.4 Å². The monoisotopic (exact) mass is 337 g/mol. The van der Waals surface area contributed by atoms with E-state index in [1.165, 1.54) is 0 Å². The first-order valence-corrected chi connectivity index (χ1v) is 7.09. The zero-order valence-electron chi connectivity index (χ0n) is 12.9. The van der Waals surface area contributed by atoms with Crippen LogP contribution >= 0.6 is 11.6 Å². The van der Waals surface area contributed by atoms with Crippen LogP contribution in [-0.2, 0) is 7.05 Å². The van der Waals surface area contributed by atoms with Crippen molar-refractivity contribution in [1.29, 1.82) is 0 Å². The van der Waals surface area contributed by atoms with E-state index in [0.717, 1.165) is 27.7 Å². The second kappa shape index (κ2) is 6.19. The second-order valence-corrected chi connectivity index (χ2v) is 5.43. The number of benzene rings is 1. The second-order valence-electron chi connectivity index (χ2n) is 5.02. The minimum absolute atomic E-state index is 0. The lowest BCUT2D eigenvalue weighted by atomic mass is 10.1. The number of fused-ring (bicyclic) bond motifs is 3. The number of aromatic nitrogens is 1. The molecule has 0 radical (unpaired) electrons. The Balaban J connectivity index is 0.00000176. The lowest BCUT2D eigenvalue weighted by molar-refractivity contribution is -0.631. The Kier molecular flexibility index (Phi) is 4.69. The molecule has 0 aromatic heterocycles. The fraction of sp³-hybridized carbons (Fsp3) is 0.235. The molecule has 0 saturated heterocycles. The highest BCUT2D eigenvalue weighted by Gasteiger charge is 2.29. The van der Waals surface area contributed by atoms with Crippen molar-refractivity contribution in [2.75, 3.05) is 14.2 Å². The van der Waals surface area contributed by atoms with E-state index >= 15 is 0 Å². The molecular weight excluding hydrogens is 321 g/mol. The van der Waals surface area contributed by atoms with Crippen molar-refractivity contribution in [1.82, 2.24) is 0 Å². The van der Waals surface area contributed by atoms with Crippen LogP contribution in [0.15, 0.2) is 30.3 Å². The molecule has 1 aliphatic heterocycles. The number of hydrogen-bond donors (Lipinski definition) is 0. The third kappa shape index (κ3) is 2.25. The SMILES string of the molecule is COc1cc(Cl)c2[n+](C)c3ccccc3c-2c(C)c1OC.[Cl-]. The maximum atomic E-state index is 6.55. The molecule has 0 N–H and O–H groups in total. The van der Waals surface area contributed by atoms with E-state index in [4.69, 9.17) is 21.1 Å². The van der Waals surface area contributed by atoms with Crippen LogP contribution in [0.1, 0.15) is 5.56 Å². The van der Waals surface area contributed by atoms with Crippen molar-refractivity contribution < 1.29 is 26.4 Å². The van der Waals surface area contributed by atoms with Crippen molar-refractivity contribution in [3.8, 4) is 22.8 Å². The first-order chi connectivity index (χ1) is 10.1. The summed E-state index contributed by atoms with van der Waals surface area (Å²) >= 11 is 6.55. The van der Waals surface area contributed by atoms with Crippen molar-refractivity contribution in [3.63, 3.8) is 0 Å². The topological polar surface area (TPSA) is 22.3 Å². The summed E-state index contributed by atoms with van der Waals surface area (Å²) in [5.74, 6) is 1.35. The predicted molar refractivity (Wildman–Crippen MR) is 84.6 cm³/mol. The molecular formula is C17H17Cl2NO2. The number of para-hydroxylation sites is 1. The van der Waals surface area contributed by atoms with E-state index < -0.39 is 0 Å².